The largest absolute Gasteiger partial charge is 0.350 e. The molecule has 1 aliphatic heterocycles. The Balaban J connectivity index is 1.61. The van der Waals surface area contributed by atoms with Crippen LogP contribution in [0.5, 0.6) is 0 Å². The van der Waals surface area contributed by atoms with Gasteiger partial charge in [-0.1, -0.05) is 69.0 Å². The highest BCUT2D eigenvalue weighted by Gasteiger charge is 2.22. The van der Waals surface area contributed by atoms with Crippen LogP contribution in [0.1, 0.15) is 91.5 Å². The first kappa shape index (κ1) is 32.4. The van der Waals surface area contributed by atoms with Gasteiger partial charge in [0.05, 0.1) is 6.04 Å². The van der Waals surface area contributed by atoms with E-state index in [1.54, 1.807) is 13.1 Å². The number of likely N-dealkylation sites (N-methyl/N-ethyl adjacent to an activating group) is 1. The Morgan fingerprint density at radius 3 is 2.35 bits per heavy atom. The molecule has 4 rings (SSSR count). The maximum absolute atomic E-state index is 13.7. The summed E-state index contributed by atoms with van der Waals surface area (Å²) in [5.41, 5.74) is 6.12. The lowest BCUT2D eigenvalue weighted by Gasteiger charge is -2.31. The molecule has 1 aliphatic rings. The molecule has 0 spiro atoms. The molecule has 0 saturated carbocycles. The minimum absolute atomic E-state index is 0.0366. The zero-order valence-corrected chi connectivity index (χ0v) is 26.5. The Morgan fingerprint density at radius 2 is 1.67 bits per heavy atom. The van der Waals surface area contributed by atoms with Gasteiger partial charge in [-0.15, -0.1) is 0 Å². The number of carbonyl (C=O) groups excluding carboxylic acids is 2. The summed E-state index contributed by atoms with van der Waals surface area (Å²) in [6.45, 7) is 13.4. The lowest BCUT2D eigenvalue weighted by atomic mass is 10.0. The van der Waals surface area contributed by atoms with E-state index in [0.29, 0.717) is 25.2 Å². The van der Waals surface area contributed by atoms with Crippen LogP contribution < -0.4 is 10.2 Å². The third kappa shape index (κ3) is 9.22. The van der Waals surface area contributed by atoms with Crippen molar-refractivity contribution < 1.29 is 9.59 Å². The number of hydrogen-bond donors (Lipinski definition) is 1. The summed E-state index contributed by atoms with van der Waals surface area (Å²) >= 11 is 0. The summed E-state index contributed by atoms with van der Waals surface area (Å²) in [7, 11) is 0. The topological polar surface area (TPSA) is 68.8 Å². The SMILES string of the molecule is CCN(CC)C(CNC(=O)c1ccc2c(c1)CN(Cc1cccnc1)CCCCCCCN2C(C)=O)c1ccc(C)cc1. The Morgan fingerprint density at radius 1 is 0.953 bits per heavy atom. The molecule has 0 fully saturated rings. The number of anilines is 1. The normalized spacial score (nSPS) is 15.7. The van der Waals surface area contributed by atoms with Crippen molar-refractivity contribution in [1.82, 2.24) is 20.1 Å². The molecule has 1 N–H and O–H groups in total. The molecule has 0 saturated heterocycles. The number of amides is 2. The Kier molecular flexibility index (Phi) is 12.3. The van der Waals surface area contributed by atoms with Crippen LogP contribution in [0.15, 0.2) is 67.0 Å². The average molecular weight is 584 g/mol. The van der Waals surface area contributed by atoms with Crippen LogP contribution in [-0.2, 0) is 17.9 Å². The minimum atomic E-state index is -0.0913. The summed E-state index contributed by atoms with van der Waals surface area (Å²) in [4.78, 5) is 37.5. The van der Waals surface area contributed by atoms with E-state index in [2.05, 4.69) is 71.2 Å². The lowest BCUT2D eigenvalue weighted by molar-refractivity contribution is -0.116. The Labute approximate surface area is 258 Å². The fraction of sp³-hybridized carbons (Fsp3) is 0.472. The highest BCUT2D eigenvalue weighted by Crippen LogP contribution is 2.27. The first-order chi connectivity index (χ1) is 20.9. The van der Waals surface area contributed by atoms with E-state index < -0.39 is 0 Å². The van der Waals surface area contributed by atoms with Crippen molar-refractivity contribution in [3.63, 3.8) is 0 Å². The molecule has 1 unspecified atom stereocenters. The molecule has 7 heteroatoms. The summed E-state index contributed by atoms with van der Waals surface area (Å²) in [5.74, 6) is -0.0548. The second-order valence-corrected chi connectivity index (χ2v) is 11.7. The zero-order valence-electron chi connectivity index (χ0n) is 26.5. The molecular weight excluding hydrogens is 534 g/mol. The number of hydrogen-bond acceptors (Lipinski definition) is 5. The highest BCUT2D eigenvalue weighted by molar-refractivity contribution is 5.97. The van der Waals surface area contributed by atoms with Gasteiger partial charge in [0, 0.05) is 56.7 Å². The monoisotopic (exact) mass is 583 g/mol. The second-order valence-electron chi connectivity index (χ2n) is 11.7. The fourth-order valence-corrected chi connectivity index (χ4v) is 6.11. The van der Waals surface area contributed by atoms with E-state index in [1.807, 2.05) is 35.4 Å². The van der Waals surface area contributed by atoms with Gasteiger partial charge in [0.2, 0.25) is 5.91 Å². The third-order valence-electron chi connectivity index (χ3n) is 8.56. The summed E-state index contributed by atoms with van der Waals surface area (Å²) in [6, 6.07) is 18.6. The lowest BCUT2D eigenvalue weighted by Crippen LogP contribution is -2.38. The van der Waals surface area contributed by atoms with Gasteiger partial charge in [0.15, 0.2) is 0 Å². The minimum Gasteiger partial charge on any atom is -0.350 e. The van der Waals surface area contributed by atoms with Gasteiger partial charge in [0.25, 0.3) is 5.91 Å². The number of aromatic nitrogens is 1. The molecule has 2 amide bonds. The predicted molar refractivity (Wildman–Crippen MR) is 175 cm³/mol. The maximum atomic E-state index is 13.7. The molecule has 2 aromatic carbocycles. The van der Waals surface area contributed by atoms with Crippen molar-refractivity contribution in [3.05, 3.63) is 94.8 Å². The van der Waals surface area contributed by atoms with Gasteiger partial charge >= 0.3 is 0 Å². The van der Waals surface area contributed by atoms with Crippen LogP contribution in [0, 0.1) is 6.92 Å². The first-order valence-corrected chi connectivity index (χ1v) is 16.0. The summed E-state index contributed by atoms with van der Waals surface area (Å²) in [5, 5.41) is 3.24. The summed E-state index contributed by atoms with van der Waals surface area (Å²) in [6.07, 6.45) is 9.28. The molecule has 230 valence electrons. The number of carbonyl (C=O) groups is 2. The fourth-order valence-electron chi connectivity index (χ4n) is 6.11. The molecule has 1 aromatic heterocycles. The van der Waals surface area contributed by atoms with Crippen LogP contribution in [-0.4, -0.2) is 59.3 Å². The van der Waals surface area contributed by atoms with E-state index in [1.165, 1.54) is 24.0 Å². The Hall–Kier alpha value is -3.55. The smallest absolute Gasteiger partial charge is 0.251 e. The summed E-state index contributed by atoms with van der Waals surface area (Å²) < 4.78 is 0. The molecule has 43 heavy (non-hydrogen) atoms. The zero-order chi connectivity index (χ0) is 30.6. The van der Waals surface area contributed by atoms with Crippen molar-refractivity contribution in [1.29, 1.82) is 0 Å². The quantitative estimate of drug-likeness (QED) is 0.311. The predicted octanol–water partition coefficient (Wildman–Crippen LogP) is 6.52. The molecular formula is C36H49N5O2. The van der Waals surface area contributed by atoms with Gasteiger partial charge in [-0.25, -0.2) is 0 Å². The maximum Gasteiger partial charge on any atom is 0.251 e. The standard InChI is InChI=1S/C36H49N5O2/c1-5-40(6-2)35(31-16-14-28(3)15-17-31)25-38-36(43)32-18-19-34-33(23-32)27-39(26-30-13-12-20-37-24-30)21-10-8-7-9-11-22-41(34)29(4)42/h12-20,23-24,35H,5-11,21-22,25-27H2,1-4H3,(H,38,43). The van der Waals surface area contributed by atoms with E-state index in [0.717, 1.165) is 62.3 Å². The molecule has 1 atom stereocenters. The number of benzene rings is 2. The van der Waals surface area contributed by atoms with Gasteiger partial charge in [-0.2, -0.15) is 0 Å². The van der Waals surface area contributed by atoms with Gasteiger partial charge in [0.1, 0.15) is 0 Å². The van der Waals surface area contributed by atoms with E-state index in [4.69, 9.17) is 0 Å². The number of nitrogens with one attached hydrogen (secondary N) is 1. The molecule has 2 heterocycles. The van der Waals surface area contributed by atoms with E-state index in [9.17, 15) is 9.59 Å². The van der Waals surface area contributed by atoms with Crippen LogP contribution in [0.4, 0.5) is 5.69 Å². The molecule has 3 aromatic rings. The van der Waals surface area contributed by atoms with Gasteiger partial charge in [-0.05, 0) is 80.4 Å². The molecule has 7 nitrogen and oxygen atoms in total. The van der Waals surface area contributed by atoms with Gasteiger partial charge in [-0.3, -0.25) is 24.4 Å². The van der Waals surface area contributed by atoms with Gasteiger partial charge < -0.3 is 10.2 Å². The average Bonchev–Trinajstić information content (AvgIpc) is 3.01. The van der Waals surface area contributed by atoms with Crippen molar-refractivity contribution in [2.24, 2.45) is 0 Å². The number of aryl methyl sites for hydroxylation is 1. The van der Waals surface area contributed by atoms with E-state index >= 15 is 0 Å². The second kappa shape index (κ2) is 16.3. The Bertz CT molecular complexity index is 1310. The third-order valence-corrected chi connectivity index (χ3v) is 8.56. The molecule has 0 aliphatic carbocycles. The molecule has 0 bridgehead atoms. The van der Waals surface area contributed by atoms with Crippen LogP contribution in [0.25, 0.3) is 0 Å². The van der Waals surface area contributed by atoms with Crippen LogP contribution in [0.2, 0.25) is 0 Å². The highest BCUT2D eigenvalue weighted by atomic mass is 16.2. The van der Waals surface area contributed by atoms with E-state index in [-0.39, 0.29) is 17.9 Å². The molecule has 0 radical (unpaired) electrons. The van der Waals surface area contributed by atoms with Crippen molar-refractivity contribution in [2.45, 2.75) is 78.9 Å². The van der Waals surface area contributed by atoms with Crippen molar-refractivity contribution in [2.75, 3.05) is 37.6 Å². The number of nitrogens with zero attached hydrogens (tertiary/aromatic N) is 4. The van der Waals surface area contributed by atoms with Crippen LogP contribution >= 0.6 is 0 Å². The van der Waals surface area contributed by atoms with Crippen molar-refractivity contribution >= 4 is 17.5 Å². The van der Waals surface area contributed by atoms with Crippen LogP contribution in [0.3, 0.4) is 0 Å². The number of fused-ring (bicyclic) bond motifs is 1. The number of pyridine rings is 1. The van der Waals surface area contributed by atoms with Crippen molar-refractivity contribution in [3.8, 4) is 0 Å². The number of rotatable bonds is 9. The first-order valence-electron chi connectivity index (χ1n) is 16.0.